The third kappa shape index (κ3) is 4.04. The van der Waals surface area contributed by atoms with Gasteiger partial charge in [-0.3, -0.25) is 0 Å². The van der Waals surface area contributed by atoms with Crippen molar-refractivity contribution in [3.8, 4) is 5.75 Å². The lowest BCUT2D eigenvalue weighted by Gasteiger charge is -2.13. The van der Waals surface area contributed by atoms with Gasteiger partial charge in [-0.15, -0.1) is 11.8 Å². The highest BCUT2D eigenvalue weighted by Crippen LogP contribution is 2.29. The van der Waals surface area contributed by atoms with Gasteiger partial charge in [-0.1, -0.05) is 6.92 Å². The average molecular weight is 225 g/mol. The van der Waals surface area contributed by atoms with E-state index in [1.165, 1.54) is 11.3 Å². The summed E-state index contributed by atoms with van der Waals surface area (Å²) < 4.78 is 5.63. The summed E-state index contributed by atoms with van der Waals surface area (Å²) in [6.45, 7) is 6.19. The number of benzene rings is 1. The fourth-order valence-corrected chi connectivity index (χ4v) is 1.97. The van der Waals surface area contributed by atoms with E-state index in [-0.39, 0.29) is 6.10 Å². The molecule has 1 rings (SSSR count). The highest BCUT2D eigenvalue weighted by Gasteiger charge is 2.04. The Hall–Kier alpha value is -0.830. The van der Waals surface area contributed by atoms with Gasteiger partial charge >= 0.3 is 0 Å². The minimum absolute atomic E-state index is 0.165. The Morgan fingerprint density at radius 3 is 2.73 bits per heavy atom. The van der Waals surface area contributed by atoms with Crippen LogP contribution in [0.25, 0.3) is 0 Å². The average Bonchev–Trinajstić information content (AvgIpc) is 2.18. The maximum absolute atomic E-state index is 5.83. The lowest BCUT2D eigenvalue weighted by Crippen LogP contribution is -2.07. The van der Waals surface area contributed by atoms with E-state index in [0.717, 1.165) is 11.5 Å². The van der Waals surface area contributed by atoms with Gasteiger partial charge in [0.15, 0.2) is 0 Å². The summed E-state index contributed by atoms with van der Waals surface area (Å²) in [5, 5.41) is 0. The Morgan fingerprint density at radius 2 is 2.13 bits per heavy atom. The van der Waals surface area contributed by atoms with Crippen molar-refractivity contribution >= 4 is 17.4 Å². The summed E-state index contributed by atoms with van der Waals surface area (Å²) in [6.07, 6.45) is 1.34. The Bertz CT molecular complexity index is 312. The zero-order valence-electron chi connectivity index (χ0n) is 9.62. The van der Waals surface area contributed by atoms with Crippen LogP contribution in [0.15, 0.2) is 23.1 Å². The monoisotopic (exact) mass is 225 g/mol. The number of anilines is 1. The van der Waals surface area contributed by atoms with Crippen molar-refractivity contribution in [2.75, 3.05) is 11.5 Å². The molecule has 0 aliphatic heterocycles. The number of hydrogen-bond donors (Lipinski definition) is 1. The third-order valence-electron chi connectivity index (χ3n) is 1.82. The molecule has 0 aromatic heterocycles. The zero-order valence-corrected chi connectivity index (χ0v) is 10.4. The standard InChI is InChI=1S/C12H19NOS/c1-4-7-15-10-5-6-11(13)12(8-10)14-9(2)3/h5-6,8-9H,4,7,13H2,1-3H3. The topological polar surface area (TPSA) is 35.2 Å². The number of rotatable bonds is 5. The van der Waals surface area contributed by atoms with E-state index in [4.69, 9.17) is 10.5 Å². The van der Waals surface area contributed by atoms with Gasteiger partial charge in [0.2, 0.25) is 0 Å². The van der Waals surface area contributed by atoms with Crippen molar-refractivity contribution < 1.29 is 4.74 Å². The largest absolute Gasteiger partial charge is 0.489 e. The van der Waals surface area contributed by atoms with Crippen LogP contribution in [0.5, 0.6) is 5.75 Å². The van der Waals surface area contributed by atoms with E-state index < -0.39 is 0 Å². The van der Waals surface area contributed by atoms with E-state index in [2.05, 4.69) is 6.92 Å². The Morgan fingerprint density at radius 1 is 1.40 bits per heavy atom. The Kier molecular flexibility index (Phi) is 4.82. The van der Waals surface area contributed by atoms with Gasteiger partial charge in [-0.2, -0.15) is 0 Å². The summed E-state index contributed by atoms with van der Waals surface area (Å²) in [7, 11) is 0. The molecule has 2 N–H and O–H groups in total. The molecule has 0 saturated carbocycles. The first-order valence-corrected chi connectivity index (χ1v) is 6.31. The molecule has 0 aliphatic carbocycles. The lowest BCUT2D eigenvalue weighted by atomic mass is 10.3. The number of ether oxygens (including phenoxy) is 1. The van der Waals surface area contributed by atoms with Crippen molar-refractivity contribution in [3.63, 3.8) is 0 Å². The molecule has 0 spiro atoms. The van der Waals surface area contributed by atoms with Crippen molar-refractivity contribution in [2.24, 2.45) is 0 Å². The first-order chi connectivity index (χ1) is 7.13. The van der Waals surface area contributed by atoms with Crippen molar-refractivity contribution in [1.29, 1.82) is 0 Å². The van der Waals surface area contributed by atoms with Crippen LogP contribution in [-0.4, -0.2) is 11.9 Å². The van der Waals surface area contributed by atoms with E-state index in [1.54, 1.807) is 0 Å². The first kappa shape index (κ1) is 12.2. The third-order valence-corrected chi connectivity index (χ3v) is 3.02. The second kappa shape index (κ2) is 5.91. The van der Waals surface area contributed by atoms with E-state index in [1.807, 2.05) is 43.8 Å². The quantitative estimate of drug-likeness (QED) is 0.614. The smallest absolute Gasteiger partial charge is 0.143 e. The maximum Gasteiger partial charge on any atom is 0.143 e. The zero-order chi connectivity index (χ0) is 11.3. The number of hydrogen-bond acceptors (Lipinski definition) is 3. The first-order valence-electron chi connectivity index (χ1n) is 5.32. The molecule has 15 heavy (non-hydrogen) atoms. The van der Waals surface area contributed by atoms with Crippen LogP contribution in [0.2, 0.25) is 0 Å². The molecule has 2 nitrogen and oxygen atoms in total. The minimum Gasteiger partial charge on any atom is -0.489 e. The second-order valence-electron chi connectivity index (χ2n) is 3.71. The molecule has 0 radical (unpaired) electrons. The summed E-state index contributed by atoms with van der Waals surface area (Å²) in [6, 6.07) is 5.98. The van der Waals surface area contributed by atoms with Gasteiger partial charge in [-0.05, 0) is 44.2 Å². The Balaban J connectivity index is 2.75. The van der Waals surface area contributed by atoms with Crippen molar-refractivity contribution in [1.82, 2.24) is 0 Å². The van der Waals surface area contributed by atoms with Crippen molar-refractivity contribution in [3.05, 3.63) is 18.2 Å². The number of nitrogen functional groups attached to an aromatic ring is 1. The highest BCUT2D eigenvalue weighted by atomic mass is 32.2. The minimum atomic E-state index is 0.165. The molecule has 3 heteroatoms. The second-order valence-corrected chi connectivity index (χ2v) is 4.88. The molecule has 0 saturated heterocycles. The summed E-state index contributed by atoms with van der Waals surface area (Å²) in [5.41, 5.74) is 6.54. The molecule has 0 amide bonds. The number of thioether (sulfide) groups is 1. The molecular weight excluding hydrogens is 206 g/mol. The molecule has 0 fully saturated rings. The molecule has 0 aliphatic rings. The van der Waals surface area contributed by atoms with Crippen LogP contribution in [0.3, 0.4) is 0 Å². The predicted molar refractivity (Wildman–Crippen MR) is 67.6 cm³/mol. The molecule has 84 valence electrons. The van der Waals surface area contributed by atoms with Crippen LogP contribution in [0, 0.1) is 0 Å². The SMILES string of the molecule is CCCSc1ccc(N)c(OC(C)C)c1. The molecule has 0 bridgehead atoms. The summed E-state index contributed by atoms with van der Waals surface area (Å²) in [4.78, 5) is 1.22. The van der Waals surface area contributed by atoms with Crippen LogP contribution >= 0.6 is 11.8 Å². The molecule has 1 aromatic rings. The van der Waals surface area contributed by atoms with Gasteiger partial charge < -0.3 is 10.5 Å². The van der Waals surface area contributed by atoms with Gasteiger partial charge in [-0.25, -0.2) is 0 Å². The van der Waals surface area contributed by atoms with Crippen LogP contribution in [-0.2, 0) is 0 Å². The molecule has 0 atom stereocenters. The van der Waals surface area contributed by atoms with Crippen molar-refractivity contribution in [2.45, 2.75) is 38.2 Å². The van der Waals surface area contributed by atoms with Gasteiger partial charge in [0, 0.05) is 4.90 Å². The van der Waals surface area contributed by atoms with Gasteiger partial charge in [0.1, 0.15) is 5.75 Å². The van der Waals surface area contributed by atoms with E-state index >= 15 is 0 Å². The summed E-state index contributed by atoms with van der Waals surface area (Å²) >= 11 is 1.83. The van der Waals surface area contributed by atoms with E-state index in [0.29, 0.717) is 5.69 Å². The van der Waals surface area contributed by atoms with Crippen LogP contribution in [0.1, 0.15) is 27.2 Å². The summed E-state index contributed by atoms with van der Waals surface area (Å²) in [5.74, 6) is 1.93. The van der Waals surface area contributed by atoms with Gasteiger partial charge in [0.05, 0.1) is 11.8 Å². The molecule has 0 unspecified atom stereocenters. The predicted octanol–water partition coefficient (Wildman–Crippen LogP) is 3.56. The fraction of sp³-hybridized carbons (Fsp3) is 0.500. The molecule has 0 heterocycles. The molecule has 1 aromatic carbocycles. The normalized spacial score (nSPS) is 10.7. The fourth-order valence-electron chi connectivity index (χ4n) is 1.18. The van der Waals surface area contributed by atoms with Crippen LogP contribution < -0.4 is 10.5 Å². The van der Waals surface area contributed by atoms with E-state index in [9.17, 15) is 0 Å². The van der Waals surface area contributed by atoms with Crippen LogP contribution in [0.4, 0.5) is 5.69 Å². The maximum atomic E-state index is 5.83. The lowest BCUT2D eigenvalue weighted by molar-refractivity contribution is 0.243. The van der Waals surface area contributed by atoms with Gasteiger partial charge in [0.25, 0.3) is 0 Å². The highest BCUT2D eigenvalue weighted by molar-refractivity contribution is 7.99. The Labute approximate surface area is 96.2 Å². The molecular formula is C12H19NOS. The number of nitrogens with two attached hydrogens (primary N) is 1.